The summed E-state index contributed by atoms with van der Waals surface area (Å²) in [4.78, 5) is 12.9. The van der Waals surface area contributed by atoms with Gasteiger partial charge in [0, 0.05) is 18.0 Å². The van der Waals surface area contributed by atoms with E-state index in [2.05, 4.69) is 28.2 Å². The van der Waals surface area contributed by atoms with Crippen LogP contribution in [0.15, 0.2) is 47.1 Å². The van der Waals surface area contributed by atoms with Gasteiger partial charge in [-0.3, -0.25) is 4.98 Å². The molecule has 0 radical (unpaired) electrons. The number of hydrogen-bond donors (Lipinski definition) is 1. The fourth-order valence-electron chi connectivity index (χ4n) is 1.99. The summed E-state index contributed by atoms with van der Waals surface area (Å²) >= 11 is 0. The number of carbonyl (C=O) groups is 1. The van der Waals surface area contributed by atoms with Crippen molar-refractivity contribution in [1.82, 2.24) is 15.2 Å². The van der Waals surface area contributed by atoms with Crippen LogP contribution in [0.4, 0.5) is 13.2 Å². The summed E-state index contributed by atoms with van der Waals surface area (Å²) < 4.78 is 37.5. The fourth-order valence-corrected chi connectivity index (χ4v) is 1.99. The highest BCUT2D eigenvalue weighted by atomic mass is 19.4. The number of carboxylic acids is 1. The summed E-state index contributed by atoms with van der Waals surface area (Å²) in [6.45, 7) is 4.10. The van der Waals surface area contributed by atoms with Crippen LogP contribution in [0.5, 0.6) is 0 Å². The molecule has 6 nitrogen and oxygen atoms in total. The molecule has 0 fully saturated rings. The van der Waals surface area contributed by atoms with Crippen LogP contribution in [0.3, 0.4) is 0 Å². The number of aliphatic carboxylic acids is 1. The Morgan fingerprint density at radius 3 is 2.31 bits per heavy atom. The molecule has 26 heavy (non-hydrogen) atoms. The summed E-state index contributed by atoms with van der Waals surface area (Å²) in [6, 6.07) is 9.88. The largest absolute Gasteiger partial charge is 0.490 e. The molecule has 3 rings (SSSR count). The first-order valence-electron chi connectivity index (χ1n) is 7.30. The molecular weight excluding hydrogens is 351 g/mol. The molecule has 0 unspecified atom stereocenters. The fraction of sp³-hybridized carbons (Fsp3) is 0.176. The van der Waals surface area contributed by atoms with Crippen LogP contribution < -0.4 is 0 Å². The summed E-state index contributed by atoms with van der Waals surface area (Å²) in [7, 11) is 0. The zero-order chi connectivity index (χ0) is 19.3. The van der Waals surface area contributed by atoms with E-state index in [9.17, 15) is 13.2 Å². The number of aromatic nitrogens is 3. The maximum Gasteiger partial charge on any atom is 0.490 e. The van der Waals surface area contributed by atoms with Crippen LogP contribution in [-0.2, 0) is 4.79 Å². The monoisotopic (exact) mass is 365 g/mol. The molecule has 1 N–H and O–H groups in total. The van der Waals surface area contributed by atoms with Crippen molar-refractivity contribution >= 4 is 5.97 Å². The lowest BCUT2D eigenvalue weighted by Gasteiger charge is -2.01. The molecular formula is C17H14F3N3O3. The lowest BCUT2D eigenvalue weighted by Crippen LogP contribution is -2.21. The first-order chi connectivity index (χ1) is 12.2. The minimum absolute atomic E-state index is 0.489. The molecule has 0 spiro atoms. The summed E-state index contributed by atoms with van der Waals surface area (Å²) in [5, 5.41) is 15.3. The number of aryl methyl sites for hydroxylation is 2. The molecule has 0 saturated carbocycles. The van der Waals surface area contributed by atoms with Gasteiger partial charge in [-0.2, -0.15) is 13.2 Å². The number of rotatable bonds is 2. The van der Waals surface area contributed by atoms with Gasteiger partial charge in [-0.15, -0.1) is 10.2 Å². The summed E-state index contributed by atoms with van der Waals surface area (Å²) in [5.74, 6) is -1.73. The van der Waals surface area contributed by atoms with Gasteiger partial charge in [-0.05, 0) is 37.6 Å². The number of hydrogen-bond acceptors (Lipinski definition) is 5. The van der Waals surface area contributed by atoms with E-state index < -0.39 is 12.1 Å². The molecule has 0 aliphatic rings. The predicted molar refractivity (Wildman–Crippen MR) is 86.1 cm³/mol. The first kappa shape index (κ1) is 19.1. The number of pyridine rings is 1. The van der Waals surface area contributed by atoms with Gasteiger partial charge in [-0.25, -0.2) is 4.79 Å². The van der Waals surface area contributed by atoms with Crippen molar-refractivity contribution in [3.05, 3.63) is 53.9 Å². The van der Waals surface area contributed by atoms with Crippen LogP contribution in [0.2, 0.25) is 0 Å². The molecule has 9 heteroatoms. The van der Waals surface area contributed by atoms with E-state index in [4.69, 9.17) is 14.3 Å². The van der Waals surface area contributed by atoms with E-state index in [0.29, 0.717) is 11.8 Å². The second kappa shape index (κ2) is 7.77. The minimum atomic E-state index is -5.08. The number of benzene rings is 1. The van der Waals surface area contributed by atoms with E-state index in [1.165, 1.54) is 5.56 Å². The highest BCUT2D eigenvalue weighted by Gasteiger charge is 2.38. The highest BCUT2D eigenvalue weighted by molar-refractivity contribution is 5.73. The maximum atomic E-state index is 10.6. The normalized spacial score (nSPS) is 10.8. The average molecular weight is 365 g/mol. The molecule has 3 aromatic rings. The summed E-state index contributed by atoms with van der Waals surface area (Å²) in [5.41, 5.74) is 4.13. The molecule has 0 aliphatic heterocycles. The van der Waals surface area contributed by atoms with E-state index in [-0.39, 0.29) is 0 Å². The number of halogens is 3. The second-order valence-electron chi connectivity index (χ2n) is 5.28. The smallest absolute Gasteiger partial charge is 0.475 e. The Kier molecular flexibility index (Phi) is 5.71. The SMILES string of the molecule is Cc1ccc(-c2nnc(-c3cccnc3)o2)c(C)c1.O=C(O)C(F)(F)F. The van der Waals surface area contributed by atoms with Crippen LogP contribution in [0, 0.1) is 13.8 Å². The van der Waals surface area contributed by atoms with Crippen molar-refractivity contribution in [2.24, 2.45) is 0 Å². The Morgan fingerprint density at radius 1 is 1.12 bits per heavy atom. The number of alkyl halides is 3. The Morgan fingerprint density at radius 2 is 1.77 bits per heavy atom. The third-order valence-corrected chi connectivity index (χ3v) is 3.19. The summed E-state index contributed by atoms with van der Waals surface area (Å²) in [6.07, 6.45) is -1.66. The number of carboxylic acid groups (broad SMARTS) is 1. The second-order valence-corrected chi connectivity index (χ2v) is 5.28. The van der Waals surface area contributed by atoms with Crippen molar-refractivity contribution < 1.29 is 27.5 Å². The van der Waals surface area contributed by atoms with Crippen LogP contribution >= 0.6 is 0 Å². The quantitative estimate of drug-likeness (QED) is 0.737. The van der Waals surface area contributed by atoms with Gasteiger partial charge in [0.15, 0.2) is 0 Å². The van der Waals surface area contributed by atoms with E-state index in [1.807, 2.05) is 31.2 Å². The molecule has 1 aromatic carbocycles. The van der Waals surface area contributed by atoms with Gasteiger partial charge >= 0.3 is 12.1 Å². The van der Waals surface area contributed by atoms with Crippen molar-refractivity contribution in [2.75, 3.05) is 0 Å². The third kappa shape index (κ3) is 4.88. The first-order valence-corrected chi connectivity index (χ1v) is 7.30. The Hall–Kier alpha value is -3.23. The van der Waals surface area contributed by atoms with Gasteiger partial charge in [0.1, 0.15) is 0 Å². The Labute approximate surface area is 146 Å². The Bertz CT molecular complexity index is 893. The lowest BCUT2D eigenvalue weighted by atomic mass is 10.1. The topological polar surface area (TPSA) is 89.1 Å². The van der Waals surface area contributed by atoms with Crippen LogP contribution in [-0.4, -0.2) is 32.4 Å². The van der Waals surface area contributed by atoms with Gasteiger partial charge in [0.2, 0.25) is 11.8 Å². The molecule has 0 amide bonds. The highest BCUT2D eigenvalue weighted by Crippen LogP contribution is 2.26. The van der Waals surface area contributed by atoms with E-state index >= 15 is 0 Å². The van der Waals surface area contributed by atoms with Crippen molar-refractivity contribution in [3.63, 3.8) is 0 Å². The molecule has 0 saturated heterocycles. The van der Waals surface area contributed by atoms with E-state index in [1.54, 1.807) is 12.4 Å². The Balaban J connectivity index is 0.000000298. The van der Waals surface area contributed by atoms with Crippen molar-refractivity contribution in [3.8, 4) is 22.9 Å². The van der Waals surface area contributed by atoms with Gasteiger partial charge < -0.3 is 9.52 Å². The van der Waals surface area contributed by atoms with Gasteiger partial charge in [0.05, 0.1) is 5.56 Å². The lowest BCUT2D eigenvalue weighted by molar-refractivity contribution is -0.192. The average Bonchev–Trinajstić information content (AvgIpc) is 3.05. The zero-order valence-electron chi connectivity index (χ0n) is 13.8. The molecule has 0 atom stereocenters. The van der Waals surface area contributed by atoms with Gasteiger partial charge in [0.25, 0.3) is 0 Å². The van der Waals surface area contributed by atoms with E-state index in [0.717, 1.165) is 16.7 Å². The molecule has 0 bridgehead atoms. The zero-order valence-corrected chi connectivity index (χ0v) is 13.8. The van der Waals surface area contributed by atoms with Crippen LogP contribution in [0.25, 0.3) is 22.9 Å². The molecule has 2 aromatic heterocycles. The molecule has 136 valence electrons. The minimum Gasteiger partial charge on any atom is -0.475 e. The molecule has 2 heterocycles. The predicted octanol–water partition coefficient (Wildman–Crippen LogP) is 4.05. The molecule has 0 aliphatic carbocycles. The van der Waals surface area contributed by atoms with Crippen molar-refractivity contribution in [1.29, 1.82) is 0 Å². The van der Waals surface area contributed by atoms with Gasteiger partial charge in [-0.1, -0.05) is 17.7 Å². The van der Waals surface area contributed by atoms with Crippen molar-refractivity contribution in [2.45, 2.75) is 20.0 Å². The maximum absolute atomic E-state index is 10.6. The third-order valence-electron chi connectivity index (χ3n) is 3.19. The van der Waals surface area contributed by atoms with Crippen LogP contribution in [0.1, 0.15) is 11.1 Å². The standard InChI is InChI=1S/C15H13N3O.C2HF3O2/c1-10-5-6-13(11(2)8-10)15-18-17-14(19-15)12-4-3-7-16-9-12;3-2(4,5)1(6)7/h3-9H,1-2H3;(H,6,7). The number of nitrogens with zero attached hydrogens (tertiary/aromatic N) is 3.